The lowest BCUT2D eigenvalue weighted by atomic mass is 9.97. The molecule has 4 nitrogen and oxygen atoms in total. The highest BCUT2D eigenvalue weighted by atomic mass is 16.3. The first kappa shape index (κ1) is 14.5. The molecule has 0 saturated heterocycles. The van der Waals surface area contributed by atoms with Crippen molar-refractivity contribution in [3.05, 3.63) is 29.3 Å². The van der Waals surface area contributed by atoms with Gasteiger partial charge in [0.2, 0.25) is 0 Å². The van der Waals surface area contributed by atoms with Crippen molar-refractivity contribution in [1.82, 2.24) is 5.32 Å². The summed E-state index contributed by atoms with van der Waals surface area (Å²) in [5.41, 5.74) is 0.366. The van der Waals surface area contributed by atoms with Gasteiger partial charge in [0.15, 0.2) is 0 Å². The third-order valence-electron chi connectivity index (χ3n) is 3.22. The summed E-state index contributed by atoms with van der Waals surface area (Å²) in [5, 5.41) is 22.2. The normalized spacial score (nSPS) is 11.3. The molecular weight excluding hydrogens is 230 g/mol. The van der Waals surface area contributed by atoms with Crippen LogP contribution in [-0.2, 0) is 0 Å². The molecule has 0 aliphatic carbocycles. The van der Waals surface area contributed by atoms with Crippen molar-refractivity contribution in [2.75, 3.05) is 6.54 Å². The molecular formula is C14H21NO3. The molecule has 1 aromatic rings. The summed E-state index contributed by atoms with van der Waals surface area (Å²) < 4.78 is 0. The average molecular weight is 251 g/mol. The summed E-state index contributed by atoms with van der Waals surface area (Å²) >= 11 is 0. The number of aryl methyl sites for hydroxylation is 1. The van der Waals surface area contributed by atoms with E-state index in [1.165, 1.54) is 6.07 Å². The Morgan fingerprint density at radius 2 is 1.89 bits per heavy atom. The molecule has 0 aromatic heterocycles. The third-order valence-corrected chi connectivity index (χ3v) is 3.22. The van der Waals surface area contributed by atoms with Gasteiger partial charge in [-0.05, 0) is 43.5 Å². The molecule has 0 saturated carbocycles. The Labute approximate surface area is 108 Å². The van der Waals surface area contributed by atoms with Crippen LogP contribution in [-0.4, -0.2) is 28.3 Å². The standard InChI is InChI=1S/C14H21NO3/c1-4-14(18,5-2)9-15-13(17)11-6-10(3)7-12(16)8-11/h6-8,16,18H,4-5,9H2,1-3H3,(H,15,17). The number of benzene rings is 1. The zero-order valence-electron chi connectivity index (χ0n) is 11.2. The topological polar surface area (TPSA) is 69.6 Å². The molecule has 4 heteroatoms. The fourth-order valence-corrected chi connectivity index (χ4v) is 1.74. The van der Waals surface area contributed by atoms with E-state index in [2.05, 4.69) is 5.32 Å². The first-order valence-electron chi connectivity index (χ1n) is 6.21. The Hall–Kier alpha value is -1.55. The van der Waals surface area contributed by atoms with Gasteiger partial charge in [-0.1, -0.05) is 13.8 Å². The van der Waals surface area contributed by atoms with Gasteiger partial charge in [-0.3, -0.25) is 4.79 Å². The quantitative estimate of drug-likeness (QED) is 0.749. The molecule has 0 fully saturated rings. The SMILES string of the molecule is CCC(O)(CC)CNC(=O)c1cc(C)cc(O)c1. The molecule has 0 spiro atoms. The number of hydrogen-bond acceptors (Lipinski definition) is 3. The highest BCUT2D eigenvalue weighted by Gasteiger charge is 2.23. The summed E-state index contributed by atoms with van der Waals surface area (Å²) in [7, 11) is 0. The van der Waals surface area contributed by atoms with E-state index in [1.54, 1.807) is 12.1 Å². The van der Waals surface area contributed by atoms with E-state index in [9.17, 15) is 15.0 Å². The van der Waals surface area contributed by atoms with E-state index < -0.39 is 5.60 Å². The maximum Gasteiger partial charge on any atom is 0.251 e. The van der Waals surface area contributed by atoms with Crippen molar-refractivity contribution in [3.63, 3.8) is 0 Å². The largest absolute Gasteiger partial charge is 0.508 e. The number of carbonyl (C=O) groups is 1. The van der Waals surface area contributed by atoms with E-state index in [1.807, 2.05) is 20.8 Å². The lowest BCUT2D eigenvalue weighted by molar-refractivity contribution is 0.0314. The number of rotatable bonds is 5. The molecule has 0 aliphatic heterocycles. The van der Waals surface area contributed by atoms with Crippen LogP contribution < -0.4 is 5.32 Å². The molecule has 1 rings (SSSR count). The van der Waals surface area contributed by atoms with E-state index in [-0.39, 0.29) is 18.2 Å². The predicted octanol–water partition coefficient (Wildman–Crippen LogP) is 1.98. The molecule has 0 heterocycles. The van der Waals surface area contributed by atoms with E-state index in [0.717, 1.165) is 5.56 Å². The molecule has 0 radical (unpaired) electrons. The predicted molar refractivity (Wildman–Crippen MR) is 70.7 cm³/mol. The van der Waals surface area contributed by atoms with Crippen molar-refractivity contribution in [2.24, 2.45) is 0 Å². The fourth-order valence-electron chi connectivity index (χ4n) is 1.74. The van der Waals surface area contributed by atoms with Crippen LogP contribution in [0.3, 0.4) is 0 Å². The zero-order chi connectivity index (χ0) is 13.8. The third kappa shape index (κ3) is 3.74. The van der Waals surface area contributed by atoms with Gasteiger partial charge in [0.05, 0.1) is 5.60 Å². The molecule has 0 atom stereocenters. The number of nitrogens with one attached hydrogen (secondary N) is 1. The number of aromatic hydroxyl groups is 1. The molecule has 0 unspecified atom stereocenters. The highest BCUT2D eigenvalue weighted by molar-refractivity contribution is 5.94. The fraction of sp³-hybridized carbons (Fsp3) is 0.500. The molecule has 3 N–H and O–H groups in total. The Balaban J connectivity index is 2.71. The van der Waals surface area contributed by atoms with Crippen LogP contribution in [0.1, 0.15) is 42.6 Å². The summed E-state index contributed by atoms with van der Waals surface area (Å²) in [5.74, 6) is -0.212. The summed E-state index contributed by atoms with van der Waals surface area (Å²) in [6, 6.07) is 4.70. The van der Waals surface area contributed by atoms with E-state index >= 15 is 0 Å². The number of phenolic OH excluding ortho intramolecular Hbond substituents is 1. The molecule has 0 aliphatic rings. The van der Waals surface area contributed by atoms with Crippen LogP contribution in [0.15, 0.2) is 18.2 Å². The average Bonchev–Trinajstić information content (AvgIpc) is 2.34. The van der Waals surface area contributed by atoms with Gasteiger partial charge in [-0.2, -0.15) is 0 Å². The molecule has 1 amide bonds. The minimum absolute atomic E-state index is 0.0707. The summed E-state index contributed by atoms with van der Waals surface area (Å²) in [6.07, 6.45) is 1.17. The first-order valence-corrected chi connectivity index (χ1v) is 6.21. The Morgan fingerprint density at radius 1 is 1.28 bits per heavy atom. The van der Waals surface area contributed by atoms with E-state index in [4.69, 9.17) is 0 Å². The number of carbonyl (C=O) groups excluding carboxylic acids is 1. The Morgan fingerprint density at radius 3 is 2.39 bits per heavy atom. The van der Waals surface area contributed by atoms with Crippen LogP contribution in [0.4, 0.5) is 0 Å². The lowest BCUT2D eigenvalue weighted by Gasteiger charge is -2.25. The Kier molecular flexibility index (Phi) is 4.73. The van der Waals surface area contributed by atoms with Gasteiger partial charge in [-0.15, -0.1) is 0 Å². The zero-order valence-corrected chi connectivity index (χ0v) is 11.2. The molecule has 18 heavy (non-hydrogen) atoms. The monoisotopic (exact) mass is 251 g/mol. The van der Waals surface area contributed by atoms with Gasteiger partial charge in [0.1, 0.15) is 5.75 Å². The second-order valence-electron chi connectivity index (χ2n) is 4.67. The lowest BCUT2D eigenvalue weighted by Crippen LogP contribution is -2.42. The van der Waals surface area contributed by atoms with Gasteiger partial charge < -0.3 is 15.5 Å². The van der Waals surface area contributed by atoms with Crippen molar-refractivity contribution in [3.8, 4) is 5.75 Å². The minimum atomic E-state index is -0.860. The minimum Gasteiger partial charge on any atom is -0.508 e. The number of hydrogen-bond donors (Lipinski definition) is 3. The van der Waals surface area contributed by atoms with Gasteiger partial charge >= 0.3 is 0 Å². The molecule has 100 valence electrons. The van der Waals surface area contributed by atoms with Crippen LogP contribution in [0.5, 0.6) is 5.75 Å². The molecule has 1 aromatic carbocycles. The summed E-state index contributed by atoms with van der Waals surface area (Å²) in [6.45, 7) is 5.79. The number of phenols is 1. The smallest absolute Gasteiger partial charge is 0.251 e. The van der Waals surface area contributed by atoms with Crippen LogP contribution >= 0.6 is 0 Å². The van der Waals surface area contributed by atoms with Crippen LogP contribution in [0.2, 0.25) is 0 Å². The molecule has 0 bridgehead atoms. The number of aliphatic hydroxyl groups is 1. The van der Waals surface area contributed by atoms with Crippen LogP contribution in [0, 0.1) is 6.92 Å². The van der Waals surface area contributed by atoms with Crippen molar-refractivity contribution >= 4 is 5.91 Å². The van der Waals surface area contributed by atoms with Gasteiger partial charge in [-0.25, -0.2) is 0 Å². The second kappa shape index (κ2) is 5.87. The van der Waals surface area contributed by atoms with Crippen molar-refractivity contribution in [1.29, 1.82) is 0 Å². The van der Waals surface area contributed by atoms with E-state index in [0.29, 0.717) is 18.4 Å². The first-order chi connectivity index (χ1) is 8.40. The Bertz CT molecular complexity index is 405. The maximum absolute atomic E-state index is 11.9. The summed E-state index contributed by atoms with van der Waals surface area (Å²) in [4.78, 5) is 11.9. The van der Waals surface area contributed by atoms with Gasteiger partial charge in [0.25, 0.3) is 5.91 Å². The van der Waals surface area contributed by atoms with Crippen LogP contribution in [0.25, 0.3) is 0 Å². The second-order valence-corrected chi connectivity index (χ2v) is 4.67. The number of amides is 1. The highest BCUT2D eigenvalue weighted by Crippen LogP contribution is 2.16. The maximum atomic E-state index is 11.9. The van der Waals surface area contributed by atoms with Crippen molar-refractivity contribution < 1.29 is 15.0 Å². The van der Waals surface area contributed by atoms with Crippen molar-refractivity contribution in [2.45, 2.75) is 39.2 Å². The van der Waals surface area contributed by atoms with Gasteiger partial charge in [0, 0.05) is 12.1 Å².